The molecule has 2 aliphatic heterocycles. The summed E-state index contributed by atoms with van der Waals surface area (Å²) >= 11 is 0. The molecule has 0 amide bonds. The highest BCUT2D eigenvalue weighted by Crippen LogP contribution is 2.47. The van der Waals surface area contributed by atoms with Crippen molar-refractivity contribution in [2.75, 3.05) is 11.7 Å². The van der Waals surface area contributed by atoms with Crippen molar-refractivity contribution in [3.8, 4) is 11.5 Å². The number of guanidine groups is 2. The van der Waals surface area contributed by atoms with Crippen molar-refractivity contribution in [1.29, 1.82) is 0 Å². The molecule has 116 valence electrons. The van der Waals surface area contributed by atoms with Crippen LogP contribution in [0.5, 0.6) is 11.5 Å². The number of para-hydroxylation sites is 1. The van der Waals surface area contributed by atoms with Crippen molar-refractivity contribution in [2.45, 2.75) is 37.8 Å². The van der Waals surface area contributed by atoms with Gasteiger partial charge in [-0.25, -0.2) is 4.99 Å². The maximum absolute atomic E-state index is 6.22. The summed E-state index contributed by atoms with van der Waals surface area (Å²) in [5, 5.41) is 0. The molecular formula is C15H19N5O2. The highest BCUT2D eigenvalue weighted by molar-refractivity contribution is 6.06. The molecule has 0 bridgehead atoms. The van der Waals surface area contributed by atoms with Crippen LogP contribution in [0.25, 0.3) is 0 Å². The molecule has 4 N–H and O–H groups in total. The molecule has 1 spiro atoms. The summed E-state index contributed by atoms with van der Waals surface area (Å²) in [5.74, 6) is 2.03. The molecule has 2 heterocycles. The van der Waals surface area contributed by atoms with E-state index in [-0.39, 0.29) is 12.8 Å². The van der Waals surface area contributed by atoms with Gasteiger partial charge in [0.25, 0.3) is 0 Å². The van der Waals surface area contributed by atoms with E-state index in [1.807, 2.05) is 23.1 Å². The van der Waals surface area contributed by atoms with Crippen LogP contribution in [0.4, 0.5) is 5.69 Å². The first-order valence-corrected chi connectivity index (χ1v) is 7.58. The highest BCUT2D eigenvalue weighted by Gasteiger charge is 2.44. The van der Waals surface area contributed by atoms with Crippen molar-refractivity contribution in [3.63, 3.8) is 0 Å². The van der Waals surface area contributed by atoms with Crippen LogP contribution < -0.4 is 25.8 Å². The molecule has 0 saturated heterocycles. The van der Waals surface area contributed by atoms with Crippen molar-refractivity contribution in [1.82, 2.24) is 0 Å². The Morgan fingerprint density at radius 3 is 2.73 bits per heavy atom. The molecule has 1 saturated carbocycles. The standard InChI is InChI=1S/C15H19N5O2/c16-13-18-14(17)20(15(19-13)7-2-1-3-8-15)10-5-4-6-11-12(10)22-9-21-11/h4-6H,1-3,7-9H2,(H4,16,17,18,19). The van der Waals surface area contributed by atoms with E-state index in [2.05, 4.69) is 9.98 Å². The third-order valence-electron chi connectivity index (χ3n) is 4.47. The van der Waals surface area contributed by atoms with Gasteiger partial charge in [-0.1, -0.05) is 12.5 Å². The van der Waals surface area contributed by atoms with Crippen molar-refractivity contribution < 1.29 is 9.47 Å². The van der Waals surface area contributed by atoms with Crippen LogP contribution in [-0.4, -0.2) is 24.4 Å². The van der Waals surface area contributed by atoms with Gasteiger partial charge in [0.1, 0.15) is 5.66 Å². The maximum Gasteiger partial charge on any atom is 0.231 e. The van der Waals surface area contributed by atoms with Gasteiger partial charge in [-0.15, -0.1) is 0 Å². The Hall–Kier alpha value is -2.44. The van der Waals surface area contributed by atoms with Crippen LogP contribution in [0, 0.1) is 0 Å². The fourth-order valence-corrected chi connectivity index (χ4v) is 3.56. The fourth-order valence-electron chi connectivity index (χ4n) is 3.56. The second-order valence-corrected chi connectivity index (χ2v) is 5.83. The number of nitrogens with zero attached hydrogens (tertiary/aromatic N) is 3. The summed E-state index contributed by atoms with van der Waals surface area (Å²) in [6.45, 7) is 0.218. The monoisotopic (exact) mass is 301 g/mol. The van der Waals surface area contributed by atoms with Crippen LogP contribution in [0.3, 0.4) is 0 Å². The van der Waals surface area contributed by atoms with Gasteiger partial charge >= 0.3 is 0 Å². The van der Waals surface area contributed by atoms with Crippen molar-refractivity contribution in [2.24, 2.45) is 21.5 Å². The van der Waals surface area contributed by atoms with E-state index in [1.54, 1.807) is 0 Å². The van der Waals surface area contributed by atoms with E-state index < -0.39 is 5.66 Å². The zero-order valence-corrected chi connectivity index (χ0v) is 12.3. The normalized spacial score (nSPS) is 22.5. The summed E-state index contributed by atoms with van der Waals surface area (Å²) in [6.07, 6.45) is 5.18. The molecule has 3 aliphatic rings. The molecule has 7 nitrogen and oxygen atoms in total. The Morgan fingerprint density at radius 1 is 1.09 bits per heavy atom. The summed E-state index contributed by atoms with van der Waals surface area (Å²) in [7, 11) is 0. The second-order valence-electron chi connectivity index (χ2n) is 5.83. The lowest BCUT2D eigenvalue weighted by atomic mass is 9.87. The Balaban J connectivity index is 1.85. The molecule has 0 radical (unpaired) electrons. The molecule has 0 unspecified atom stereocenters. The lowest BCUT2D eigenvalue weighted by molar-refractivity contribution is 0.173. The smallest absolute Gasteiger partial charge is 0.231 e. The number of rotatable bonds is 1. The number of benzene rings is 1. The number of hydrogen-bond acceptors (Lipinski definition) is 7. The van der Waals surface area contributed by atoms with Crippen molar-refractivity contribution in [3.05, 3.63) is 18.2 Å². The van der Waals surface area contributed by atoms with Crippen LogP contribution in [0.1, 0.15) is 32.1 Å². The predicted molar refractivity (Wildman–Crippen MR) is 84.1 cm³/mol. The summed E-state index contributed by atoms with van der Waals surface area (Å²) in [5.41, 5.74) is 12.5. The molecule has 22 heavy (non-hydrogen) atoms. The van der Waals surface area contributed by atoms with Crippen LogP contribution in [0.2, 0.25) is 0 Å². The molecule has 1 aromatic rings. The van der Waals surface area contributed by atoms with Gasteiger partial charge < -0.3 is 20.9 Å². The number of ether oxygens (including phenoxy) is 2. The maximum atomic E-state index is 6.22. The third kappa shape index (κ3) is 1.88. The molecule has 1 aromatic carbocycles. The van der Waals surface area contributed by atoms with Gasteiger partial charge in [-0.05, 0) is 37.8 Å². The predicted octanol–water partition coefficient (Wildman–Crippen LogP) is 1.53. The number of anilines is 1. The van der Waals surface area contributed by atoms with E-state index in [4.69, 9.17) is 20.9 Å². The average molecular weight is 301 g/mol. The van der Waals surface area contributed by atoms with Gasteiger partial charge in [0.05, 0.1) is 5.69 Å². The molecule has 0 atom stereocenters. The quantitative estimate of drug-likeness (QED) is 0.819. The molecule has 1 fully saturated rings. The Bertz CT molecular complexity index is 664. The zero-order chi connectivity index (χ0) is 15.2. The van der Waals surface area contributed by atoms with Gasteiger partial charge in [0.15, 0.2) is 11.5 Å². The first-order chi connectivity index (χ1) is 10.7. The zero-order valence-electron chi connectivity index (χ0n) is 12.3. The Morgan fingerprint density at radius 2 is 1.91 bits per heavy atom. The number of nitrogens with two attached hydrogens (primary N) is 2. The minimum atomic E-state index is -0.463. The van der Waals surface area contributed by atoms with E-state index >= 15 is 0 Å². The molecule has 7 heteroatoms. The lowest BCUT2D eigenvalue weighted by Gasteiger charge is -2.45. The van der Waals surface area contributed by atoms with Gasteiger partial charge in [-0.3, -0.25) is 4.90 Å². The second kappa shape index (κ2) is 4.79. The average Bonchev–Trinajstić information content (AvgIpc) is 2.96. The SMILES string of the molecule is NC1=NC2(CCCCC2)N(c2cccc3c2OCO3)C(N)=N1. The number of aliphatic imine (C=N–C) groups is 2. The van der Waals surface area contributed by atoms with Gasteiger partial charge in [0.2, 0.25) is 18.7 Å². The number of hydrogen-bond donors (Lipinski definition) is 2. The first kappa shape index (κ1) is 13.2. The summed E-state index contributed by atoms with van der Waals surface area (Å²) in [4.78, 5) is 10.8. The van der Waals surface area contributed by atoms with Crippen LogP contribution in [0.15, 0.2) is 28.2 Å². The summed E-state index contributed by atoms with van der Waals surface area (Å²) in [6, 6.07) is 5.77. The minimum absolute atomic E-state index is 0.218. The van der Waals surface area contributed by atoms with Gasteiger partial charge in [-0.2, -0.15) is 4.99 Å². The minimum Gasteiger partial charge on any atom is -0.454 e. The fraction of sp³-hybridized carbons (Fsp3) is 0.467. The van der Waals surface area contributed by atoms with Gasteiger partial charge in [0, 0.05) is 0 Å². The van der Waals surface area contributed by atoms with Crippen molar-refractivity contribution >= 4 is 17.6 Å². The largest absolute Gasteiger partial charge is 0.454 e. The summed E-state index contributed by atoms with van der Waals surface area (Å²) < 4.78 is 11.1. The highest BCUT2D eigenvalue weighted by atomic mass is 16.7. The van der Waals surface area contributed by atoms with E-state index in [0.717, 1.165) is 37.1 Å². The van der Waals surface area contributed by atoms with E-state index in [0.29, 0.717) is 11.7 Å². The molecular weight excluding hydrogens is 282 g/mol. The lowest BCUT2D eigenvalue weighted by Crippen LogP contribution is -2.58. The van der Waals surface area contributed by atoms with Crippen LogP contribution in [-0.2, 0) is 0 Å². The molecule has 4 rings (SSSR count). The van der Waals surface area contributed by atoms with E-state index in [9.17, 15) is 0 Å². The Labute approximate surface area is 128 Å². The van der Waals surface area contributed by atoms with E-state index in [1.165, 1.54) is 6.42 Å². The van der Waals surface area contributed by atoms with Crippen LogP contribution >= 0.6 is 0 Å². The first-order valence-electron chi connectivity index (χ1n) is 7.58. The molecule has 0 aromatic heterocycles. The Kier molecular flexibility index (Phi) is 2.88. The topological polar surface area (TPSA) is 98.5 Å². The number of fused-ring (bicyclic) bond motifs is 1. The third-order valence-corrected chi connectivity index (χ3v) is 4.47. The molecule has 1 aliphatic carbocycles.